The Morgan fingerprint density at radius 1 is 1.12 bits per heavy atom. The summed E-state index contributed by atoms with van der Waals surface area (Å²) >= 11 is 0. The highest BCUT2D eigenvalue weighted by atomic mass is 16.5. The minimum absolute atomic E-state index is 0.0854. The van der Waals surface area contributed by atoms with E-state index in [9.17, 15) is 15.0 Å². The first kappa shape index (κ1) is 15.3. The van der Waals surface area contributed by atoms with E-state index in [-0.39, 0.29) is 12.1 Å². The molecule has 0 saturated carbocycles. The number of hydrogen-bond donors (Lipinski definition) is 2. The summed E-state index contributed by atoms with van der Waals surface area (Å²) in [5, 5.41) is 22.7. The van der Waals surface area contributed by atoms with Gasteiger partial charge >= 0.3 is 6.09 Å². The van der Waals surface area contributed by atoms with Crippen LogP contribution in [0.3, 0.4) is 0 Å². The Bertz CT molecular complexity index is 789. The molecule has 2 aliphatic rings. The zero-order valence-electron chi connectivity index (χ0n) is 13.6. The number of aliphatic hydroxyl groups is 1. The molecule has 2 bridgehead atoms. The van der Waals surface area contributed by atoms with Crippen LogP contribution in [0.2, 0.25) is 0 Å². The standard InChI is InChI=1S/C19H21NO4/c1-24-17-7-3-12-8-14(4-2-13(12)9-17)19(23)10-15-5-6-16(11-19)20(15)18(21)22/h2-4,7-9,15-16,23H,5-6,10-11H2,1H3,(H,21,22). The lowest BCUT2D eigenvalue weighted by Gasteiger charge is -2.42. The van der Waals surface area contributed by atoms with Crippen LogP contribution < -0.4 is 4.74 Å². The average molecular weight is 327 g/mol. The topological polar surface area (TPSA) is 70.0 Å². The van der Waals surface area contributed by atoms with Crippen molar-refractivity contribution in [2.45, 2.75) is 43.4 Å². The highest BCUT2D eigenvalue weighted by Gasteiger charge is 2.50. The van der Waals surface area contributed by atoms with Gasteiger partial charge in [-0.2, -0.15) is 0 Å². The number of amides is 1. The summed E-state index contributed by atoms with van der Waals surface area (Å²) in [6.07, 6.45) is 1.75. The zero-order chi connectivity index (χ0) is 16.9. The molecule has 24 heavy (non-hydrogen) atoms. The maximum Gasteiger partial charge on any atom is 0.407 e. The Labute approximate surface area is 140 Å². The number of carboxylic acid groups (broad SMARTS) is 1. The molecule has 1 amide bonds. The number of hydrogen-bond acceptors (Lipinski definition) is 3. The summed E-state index contributed by atoms with van der Waals surface area (Å²) in [7, 11) is 1.64. The fraction of sp³-hybridized carbons (Fsp3) is 0.421. The van der Waals surface area contributed by atoms with Gasteiger partial charge in [-0.25, -0.2) is 4.79 Å². The summed E-state index contributed by atoms with van der Waals surface area (Å²) in [6.45, 7) is 0. The zero-order valence-corrected chi connectivity index (χ0v) is 13.6. The van der Waals surface area contributed by atoms with Gasteiger partial charge in [0, 0.05) is 24.9 Å². The van der Waals surface area contributed by atoms with Crippen molar-refractivity contribution < 1.29 is 19.7 Å². The van der Waals surface area contributed by atoms with Crippen molar-refractivity contribution in [3.8, 4) is 5.75 Å². The third kappa shape index (κ3) is 2.31. The van der Waals surface area contributed by atoms with Crippen LogP contribution in [0.15, 0.2) is 36.4 Å². The highest BCUT2D eigenvalue weighted by Crippen LogP contribution is 2.46. The first-order valence-corrected chi connectivity index (χ1v) is 8.32. The van der Waals surface area contributed by atoms with Crippen LogP contribution in [0.4, 0.5) is 4.79 Å². The molecule has 2 saturated heterocycles. The van der Waals surface area contributed by atoms with Crippen LogP contribution in [-0.2, 0) is 5.60 Å². The van der Waals surface area contributed by atoms with Crippen molar-refractivity contribution in [3.05, 3.63) is 42.0 Å². The van der Waals surface area contributed by atoms with Crippen LogP contribution >= 0.6 is 0 Å². The number of rotatable bonds is 2. The Morgan fingerprint density at radius 2 is 1.75 bits per heavy atom. The summed E-state index contributed by atoms with van der Waals surface area (Å²) in [5.41, 5.74) is -0.0755. The van der Waals surface area contributed by atoms with Gasteiger partial charge in [0.25, 0.3) is 0 Å². The minimum atomic E-state index is -0.952. The van der Waals surface area contributed by atoms with Gasteiger partial charge in [0.05, 0.1) is 12.7 Å². The molecule has 126 valence electrons. The molecule has 2 fully saturated rings. The van der Waals surface area contributed by atoms with Crippen LogP contribution in [-0.4, -0.2) is 40.4 Å². The van der Waals surface area contributed by atoms with E-state index in [1.54, 1.807) is 12.0 Å². The molecule has 2 atom stereocenters. The molecule has 5 nitrogen and oxygen atoms in total. The number of ether oxygens (including phenoxy) is 1. The maximum atomic E-state index is 11.4. The molecule has 2 aliphatic heterocycles. The van der Waals surface area contributed by atoms with E-state index in [1.807, 2.05) is 36.4 Å². The molecule has 2 N–H and O–H groups in total. The molecule has 2 heterocycles. The van der Waals surface area contributed by atoms with Gasteiger partial charge < -0.3 is 19.8 Å². The number of nitrogens with zero attached hydrogens (tertiary/aromatic N) is 1. The first-order valence-electron chi connectivity index (χ1n) is 8.32. The fourth-order valence-corrected chi connectivity index (χ4v) is 4.41. The number of fused-ring (bicyclic) bond motifs is 3. The summed E-state index contributed by atoms with van der Waals surface area (Å²) in [4.78, 5) is 13.0. The summed E-state index contributed by atoms with van der Waals surface area (Å²) < 4.78 is 5.25. The van der Waals surface area contributed by atoms with E-state index in [1.165, 1.54) is 0 Å². The van der Waals surface area contributed by atoms with Crippen molar-refractivity contribution >= 4 is 16.9 Å². The van der Waals surface area contributed by atoms with E-state index in [4.69, 9.17) is 4.74 Å². The lowest BCUT2D eigenvalue weighted by atomic mass is 9.80. The number of methoxy groups -OCH3 is 1. The Kier molecular flexibility index (Phi) is 3.42. The Hall–Kier alpha value is -2.27. The third-order valence-electron chi connectivity index (χ3n) is 5.57. The van der Waals surface area contributed by atoms with E-state index in [2.05, 4.69) is 0 Å². The van der Waals surface area contributed by atoms with Crippen LogP contribution in [0.1, 0.15) is 31.2 Å². The predicted molar refractivity (Wildman–Crippen MR) is 90.3 cm³/mol. The van der Waals surface area contributed by atoms with Crippen LogP contribution in [0.5, 0.6) is 5.75 Å². The molecule has 2 unspecified atom stereocenters. The number of piperidine rings is 1. The second-order valence-electron chi connectivity index (χ2n) is 6.94. The van der Waals surface area contributed by atoms with Crippen LogP contribution in [0, 0.1) is 0 Å². The van der Waals surface area contributed by atoms with Gasteiger partial charge in [0.15, 0.2) is 0 Å². The predicted octanol–water partition coefficient (Wildman–Crippen LogP) is 3.34. The molecule has 0 radical (unpaired) electrons. The third-order valence-corrected chi connectivity index (χ3v) is 5.57. The molecule has 0 aromatic heterocycles. The molecule has 2 aromatic rings. The largest absolute Gasteiger partial charge is 0.497 e. The minimum Gasteiger partial charge on any atom is -0.497 e. The van der Waals surface area contributed by atoms with Gasteiger partial charge in [0.1, 0.15) is 5.75 Å². The highest BCUT2D eigenvalue weighted by molar-refractivity contribution is 5.84. The molecule has 5 heteroatoms. The molecule has 4 rings (SSSR count). The lowest BCUT2D eigenvalue weighted by Crippen LogP contribution is -2.51. The van der Waals surface area contributed by atoms with Gasteiger partial charge in [-0.05, 0) is 47.4 Å². The molecular formula is C19H21NO4. The van der Waals surface area contributed by atoms with Gasteiger partial charge in [-0.1, -0.05) is 18.2 Å². The lowest BCUT2D eigenvalue weighted by molar-refractivity contribution is -0.0491. The Morgan fingerprint density at radius 3 is 2.38 bits per heavy atom. The fourth-order valence-electron chi connectivity index (χ4n) is 4.41. The van der Waals surface area contributed by atoms with Crippen molar-refractivity contribution in [2.75, 3.05) is 7.11 Å². The van der Waals surface area contributed by atoms with Crippen molar-refractivity contribution in [3.63, 3.8) is 0 Å². The maximum absolute atomic E-state index is 11.4. The van der Waals surface area contributed by atoms with Gasteiger partial charge in [-0.15, -0.1) is 0 Å². The number of benzene rings is 2. The SMILES string of the molecule is COc1ccc2cc(C3(O)CC4CCC(C3)N4C(=O)O)ccc2c1. The summed E-state index contributed by atoms with van der Waals surface area (Å²) in [6, 6.07) is 11.7. The first-order chi connectivity index (χ1) is 11.5. The molecule has 0 spiro atoms. The smallest absolute Gasteiger partial charge is 0.407 e. The van der Waals surface area contributed by atoms with E-state index >= 15 is 0 Å². The molecule has 2 aromatic carbocycles. The second-order valence-corrected chi connectivity index (χ2v) is 6.94. The van der Waals surface area contributed by atoms with Crippen LogP contribution in [0.25, 0.3) is 10.8 Å². The Balaban J connectivity index is 1.68. The quantitative estimate of drug-likeness (QED) is 0.887. The van der Waals surface area contributed by atoms with E-state index in [0.717, 1.165) is 34.9 Å². The normalized spacial score (nSPS) is 29.0. The van der Waals surface area contributed by atoms with Gasteiger partial charge in [0.2, 0.25) is 0 Å². The van der Waals surface area contributed by atoms with E-state index < -0.39 is 11.7 Å². The van der Waals surface area contributed by atoms with Crippen molar-refractivity contribution in [2.24, 2.45) is 0 Å². The molecule has 0 aliphatic carbocycles. The summed E-state index contributed by atoms with van der Waals surface area (Å²) in [5.74, 6) is 0.807. The van der Waals surface area contributed by atoms with Crippen molar-refractivity contribution in [1.82, 2.24) is 4.90 Å². The van der Waals surface area contributed by atoms with Gasteiger partial charge in [-0.3, -0.25) is 0 Å². The molecular weight excluding hydrogens is 306 g/mol. The van der Waals surface area contributed by atoms with E-state index in [0.29, 0.717) is 12.8 Å². The average Bonchev–Trinajstić information content (AvgIpc) is 2.86. The number of carbonyl (C=O) groups is 1. The second kappa shape index (κ2) is 5.38. The van der Waals surface area contributed by atoms with Crippen molar-refractivity contribution in [1.29, 1.82) is 0 Å². The monoisotopic (exact) mass is 327 g/mol.